The second-order valence-electron chi connectivity index (χ2n) is 3.57. The third-order valence-corrected chi connectivity index (χ3v) is 2.40. The minimum Gasteiger partial charge on any atom is -0.362 e. The average Bonchev–Trinajstić information content (AvgIpc) is 2.75. The molecule has 0 spiro atoms. The fraction of sp³-hybridized carbons (Fsp3) is 0.500. The van der Waals surface area contributed by atoms with Gasteiger partial charge >= 0.3 is 0 Å². The first-order chi connectivity index (χ1) is 7.77. The van der Waals surface area contributed by atoms with Crippen molar-refractivity contribution >= 4 is 11.8 Å². The topological polar surface area (TPSA) is 75.3 Å². The Hall–Kier alpha value is -1.69. The van der Waals surface area contributed by atoms with E-state index in [4.69, 9.17) is 4.74 Å². The van der Waals surface area contributed by atoms with Crippen LogP contribution in [0.3, 0.4) is 0 Å². The van der Waals surface area contributed by atoms with Gasteiger partial charge in [0.2, 0.25) is 0 Å². The number of H-pyrrole nitrogens is 1. The number of amides is 2. The Morgan fingerprint density at radius 1 is 1.38 bits per heavy atom. The Labute approximate surface area is 92.6 Å². The molecule has 0 radical (unpaired) electrons. The van der Waals surface area contributed by atoms with E-state index in [-0.39, 0.29) is 25.0 Å². The maximum atomic E-state index is 11.4. The second kappa shape index (κ2) is 4.89. The summed E-state index contributed by atoms with van der Waals surface area (Å²) in [4.78, 5) is 31.0. The zero-order chi connectivity index (χ0) is 11.4. The van der Waals surface area contributed by atoms with Gasteiger partial charge in [0.25, 0.3) is 11.8 Å². The van der Waals surface area contributed by atoms with Crippen LogP contribution in [0.15, 0.2) is 12.4 Å². The Bertz CT molecular complexity index is 359. The molecule has 0 bridgehead atoms. The van der Waals surface area contributed by atoms with E-state index in [1.165, 1.54) is 4.90 Å². The highest BCUT2D eigenvalue weighted by molar-refractivity contribution is 5.98. The molecule has 86 valence electrons. The smallest absolute Gasteiger partial charge is 0.255 e. The van der Waals surface area contributed by atoms with Crippen molar-refractivity contribution in [2.45, 2.75) is 12.8 Å². The molecule has 0 unspecified atom stereocenters. The Morgan fingerprint density at radius 2 is 2.12 bits per heavy atom. The predicted molar refractivity (Wildman–Crippen MR) is 54.4 cm³/mol. The van der Waals surface area contributed by atoms with Crippen LogP contribution in [0.2, 0.25) is 0 Å². The van der Waals surface area contributed by atoms with E-state index >= 15 is 0 Å². The van der Waals surface area contributed by atoms with Crippen LogP contribution in [0, 0.1) is 0 Å². The van der Waals surface area contributed by atoms with Crippen molar-refractivity contribution < 1.29 is 14.3 Å². The first kappa shape index (κ1) is 10.8. The van der Waals surface area contributed by atoms with E-state index in [0.29, 0.717) is 13.0 Å². The number of ether oxygens (including phenoxy) is 1. The molecule has 0 atom stereocenters. The molecule has 6 heteroatoms. The lowest BCUT2D eigenvalue weighted by atomic mass is 10.2. The van der Waals surface area contributed by atoms with Gasteiger partial charge in [0.15, 0.2) is 0 Å². The van der Waals surface area contributed by atoms with E-state index < -0.39 is 0 Å². The normalized spacial score (nSPS) is 16.9. The summed E-state index contributed by atoms with van der Waals surface area (Å²) >= 11 is 0. The number of hydrogen-bond donors (Lipinski definition) is 1. The summed E-state index contributed by atoms with van der Waals surface area (Å²) in [7, 11) is 0. The number of nitrogens with one attached hydrogen (secondary N) is 1. The zero-order valence-corrected chi connectivity index (χ0v) is 8.81. The predicted octanol–water partition coefficient (Wildman–Crippen LogP) is -0.272. The molecule has 0 aliphatic carbocycles. The van der Waals surface area contributed by atoms with Crippen molar-refractivity contribution in [2.75, 3.05) is 19.8 Å². The van der Waals surface area contributed by atoms with Gasteiger partial charge in [-0.3, -0.25) is 14.5 Å². The van der Waals surface area contributed by atoms with Crippen molar-refractivity contribution in [2.24, 2.45) is 0 Å². The molecule has 2 heterocycles. The van der Waals surface area contributed by atoms with Gasteiger partial charge in [0.05, 0.1) is 0 Å². The third-order valence-electron chi connectivity index (χ3n) is 2.40. The monoisotopic (exact) mass is 223 g/mol. The Kier molecular flexibility index (Phi) is 3.31. The Morgan fingerprint density at radius 3 is 2.75 bits per heavy atom. The number of aromatic amines is 1. The molecule has 1 N–H and O–H groups in total. The molecule has 2 amide bonds. The van der Waals surface area contributed by atoms with Crippen LogP contribution in [0.1, 0.15) is 12.2 Å². The number of imide groups is 1. The number of hydrogen-bond acceptors (Lipinski definition) is 4. The van der Waals surface area contributed by atoms with Crippen LogP contribution >= 0.6 is 0 Å². The number of morpholine rings is 1. The van der Waals surface area contributed by atoms with Gasteiger partial charge in [-0.1, -0.05) is 0 Å². The van der Waals surface area contributed by atoms with Crippen LogP contribution in [0.4, 0.5) is 0 Å². The van der Waals surface area contributed by atoms with Gasteiger partial charge in [-0.15, -0.1) is 0 Å². The lowest BCUT2D eigenvalue weighted by Crippen LogP contribution is -2.46. The summed E-state index contributed by atoms with van der Waals surface area (Å²) < 4.78 is 4.82. The summed E-state index contributed by atoms with van der Waals surface area (Å²) in [6.45, 7) is 0.445. The number of aromatic nitrogens is 2. The molecular weight excluding hydrogens is 210 g/mol. The van der Waals surface area contributed by atoms with E-state index in [1.54, 1.807) is 12.4 Å². The summed E-state index contributed by atoms with van der Waals surface area (Å²) in [6, 6.07) is 0. The average molecular weight is 223 g/mol. The molecule has 1 fully saturated rings. The maximum absolute atomic E-state index is 11.4. The first-order valence-electron chi connectivity index (χ1n) is 5.16. The SMILES string of the molecule is O=C1COCC(=O)N1CCCc1ncc[nH]1. The number of nitrogens with zero attached hydrogens (tertiary/aromatic N) is 2. The van der Waals surface area contributed by atoms with E-state index in [0.717, 1.165) is 12.2 Å². The quantitative estimate of drug-likeness (QED) is 0.713. The summed E-state index contributed by atoms with van der Waals surface area (Å²) in [5, 5.41) is 0. The number of aryl methyl sites for hydroxylation is 1. The van der Waals surface area contributed by atoms with Crippen molar-refractivity contribution in [1.29, 1.82) is 0 Å². The van der Waals surface area contributed by atoms with Gasteiger partial charge in [0.1, 0.15) is 19.0 Å². The van der Waals surface area contributed by atoms with Crippen LogP contribution in [-0.2, 0) is 20.7 Å². The molecule has 1 saturated heterocycles. The maximum Gasteiger partial charge on any atom is 0.255 e. The van der Waals surface area contributed by atoms with Crippen molar-refractivity contribution in [3.05, 3.63) is 18.2 Å². The molecule has 1 aliphatic rings. The first-order valence-corrected chi connectivity index (χ1v) is 5.16. The highest BCUT2D eigenvalue weighted by Crippen LogP contribution is 2.04. The van der Waals surface area contributed by atoms with Gasteiger partial charge in [0, 0.05) is 25.4 Å². The Balaban J connectivity index is 1.80. The standard InChI is InChI=1S/C10H13N3O3/c14-9-6-16-7-10(15)13(9)5-1-2-8-11-3-4-12-8/h3-4H,1-2,5-7H2,(H,11,12). The number of rotatable bonds is 4. The second-order valence-corrected chi connectivity index (χ2v) is 3.57. The van der Waals surface area contributed by atoms with Crippen LogP contribution in [0.5, 0.6) is 0 Å². The van der Waals surface area contributed by atoms with Crippen molar-refractivity contribution in [1.82, 2.24) is 14.9 Å². The molecule has 1 aliphatic heterocycles. The van der Waals surface area contributed by atoms with E-state index in [2.05, 4.69) is 9.97 Å². The molecule has 6 nitrogen and oxygen atoms in total. The van der Waals surface area contributed by atoms with Gasteiger partial charge in [-0.2, -0.15) is 0 Å². The fourth-order valence-electron chi connectivity index (χ4n) is 1.61. The highest BCUT2D eigenvalue weighted by atomic mass is 16.5. The molecule has 0 aromatic carbocycles. The summed E-state index contributed by atoms with van der Waals surface area (Å²) in [6.07, 6.45) is 4.87. The van der Waals surface area contributed by atoms with Gasteiger partial charge in [-0.25, -0.2) is 4.98 Å². The van der Waals surface area contributed by atoms with Crippen molar-refractivity contribution in [3.8, 4) is 0 Å². The largest absolute Gasteiger partial charge is 0.362 e. The number of carbonyl (C=O) groups is 2. The molecule has 16 heavy (non-hydrogen) atoms. The minimum absolute atomic E-state index is 0.00644. The van der Waals surface area contributed by atoms with Crippen LogP contribution < -0.4 is 0 Å². The third kappa shape index (κ3) is 2.46. The summed E-state index contributed by atoms with van der Waals surface area (Å²) in [5.41, 5.74) is 0. The number of carbonyl (C=O) groups excluding carboxylic acids is 2. The van der Waals surface area contributed by atoms with Crippen molar-refractivity contribution in [3.63, 3.8) is 0 Å². The zero-order valence-electron chi connectivity index (χ0n) is 8.81. The molecule has 1 aromatic heterocycles. The van der Waals surface area contributed by atoms with Gasteiger partial charge in [-0.05, 0) is 6.42 Å². The van der Waals surface area contributed by atoms with Crippen LogP contribution in [-0.4, -0.2) is 46.4 Å². The minimum atomic E-state index is -0.254. The summed E-state index contributed by atoms with van der Waals surface area (Å²) in [5.74, 6) is 0.361. The van der Waals surface area contributed by atoms with Crippen LogP contribution in [0.25, 0.3) is 0 Å². The van der Waals surface area contributed by atoms with E-state index in [9.17, 15) is 9.59 Å². The fourth-order valence-corrected chi connectivity index (χ4v) is 1.61. The molecule has 0 saturated carbocycles. The lowest BCUT2D eigenvalue weighted by Gasteiger charge is -2.24. The molecular formula is C10H13N3O3. The molecule has 2 rings (SSSR count). The number of imidazole rings is 1. The van der Waals surface area contributed by atoms with E-state index in [1.807, 2.05) is 0 Å². The lowest BCUT2D eigenvalue weighted by molar-refractivity contribution is -0.158. The van der Waals surface area contributed by atoms with Gasteiger partial charge < -0.3 is 9.72 Å². The highest BCUT2D eigenvalue weighted by Gasteiger charge is 2.25. The molecule has 1 aromatic rings.